The quantitative estimate of drug-likeness (QED) is 0.750. The normalized spacial score (nSPS) is 13.1. The zero-order valence-corrected chi connectivity index (χ0v) is 8.18. The molecule has 0 spiro atoms. The van der Waals surface area contributed by atoms with Gasteiger partial charge in [0.05, 0.1) is 13.7 Å². The zero-order chi connectivity index (χ0) is 10.4. The highest BCUT2D eigenvalue weighted by Gasteiger charge is 1.98. The average molecular weight is 193 g/mol. The van der Waals surface area contributed by atoms with Crippen LogP contribution in [0.1, 0.15) is 5.56 Å². The van der Waals surface area contributed by atoms with Crippen LogP contribution in [0.5, 0.6) is 5.75 Å². The molecule has 1 aromatic carbocycles. The molecule has 0 heterocycles. The van der Waals surface area contributed by atoms with Gasteiger partial charge in [0.1, 0.15) is 5.75 Å². The lowest BCUT2D eigenvalue weighted by molar-refractivity contribution is 0.284. The fraction of sp³-hybridized carbons (Fsp3) is 0.273. The van der Waals surface area contributed by atoms with Crippen molar-refractivity contribution in [2.24, 2.45) is 5.73 Å². The molecule has 0 aliphatic carbocycles. The van der Waals surface area contributed by atoms with Gasteiger partial charge in [0.2, 0.25) is 0 Å². The van der Waals surface area contributed by atoms with Gasteiger partial charge in [0, 0.05) is 11.6 Å². The highest BCUT2D eigenvalue weighted by atomic mass is 16.5. The summed E-state index contributed by atoms with van der Waals surface area (Å²) < 4.78 is 5.16. The minimum atomic E-state index is -0.320. The van der Waals surface area contributed by atoms with E-state index in [2.05, 4.69) is 0 Å². The molecule has 1 rings (SSSR count). The highest BCUT2D eigenvalue weighted by Crippen LogP contribution is 2.18. The van der Waals surface area contributed by atoms with Crippen molar-refractivity contribution in [3.05, 3.63) is 35.9 Å². The van der Waals surface area contributed by atoms with E-state index >= 15 is 0 Å². The van der Waals surface area contributed by atoms with E-state index in [1.807, 2.05) is 30.3 Å². The monoisotopic (exact) mass is 193 g/mol. The Kier molecular flexibility index (Phi) is 4.16. The Balaban J connectivity index is 2.80. The predicted octanol–water partition coefficient (Wildman–Crippen LogP) is 1.03. The fourth-order valence-corrected chi connectivity index (χ4v) is 1.09. The summed E-state index contributed by atoms with van der Waals surface area (Å²) in [5.41, 5.74) is 6.49. The smallest absolute Gasteiger partial charge is 0.126 e. The molecule has 0 radical (unpaired) electrons. The van der Waals surface area contributed by atoms with Crippen LogP contribution in [-0.4, -0.2) is 24.9 Å². The van der Waals surface area contributed by atoms with Crippen molar-refractivity contribution in [3.63, 3.8) is 0 Å². The molecule has 0 saturated heterocycles. The van der Waals surface area contributed by atoms with Crippen LogP contribution in [0.4, 0.5) is 0 Å². The van der Waals surface area contributed by atoms with Crippen LogP contribution in [0.3, 0.4) is 0 Å². The third-order valence-corrected chi connectivity index (χ3v) is 1.87. The summed E-state index contributed by atoms with van der Waals surface area (Å²) in [5.74, 6) is 0.800. The lowest BCUT2D eigenvalue weighted by Crippen LogP contribution is -2.20. The summed E-state index contributed by atoms with van der Waals surface area (Å²) in [5, 5.41) is 8.73. The van der Waals surface area contributed by atoms with Gasteiger partial charge in [0.25, 0.3) is 0 Å². The van der Waals surface area contributed by atoms with Crippen LogP contribution >= 0.6 is 0 Å². The molecule has 0 fully saturated rings. The van der Waals surface area contributed by atoms with Crippen molar-refractivity contribution in [2.45, 2.75) is 6.04 Å². The Morgan fingerprint density at radius 3 is 2.86 bits per heavy atom. The van der Waals surface area contributed by atoms with E-state index in [9.17, 15) is 0 Å². The molecule has 14 heavy (non-hydrogen) atoms. The van der Waals surface area contributed by atoms with E-state index in [4.69, 9.17) is 15.6 Å². The van der Waals surface area contributed by atoms with Crippen molar-refractivity contribution in [1.82, 2.24) is 0 Å². The van der Waals surface area contributed by atoms with Crippen molar-refractivity contribution in [2.75, 3.05) is 13.7 Å². The summed E-state index contributed by atoms with van der Waals surface area (Å²) in [4.78, 5) is 0. The van der Waals surface area contributed by atoms with E-state index in [-0.39, 0.29) is 12.6 Å². The largest absolute Gasteiger partial charge is 0.496 e. The molecule has 0 aliphatic heterocycles. The number of nitrogens with two attached hydrogens (primary N) is 1. The second kappa shape index (κ2) is 5.42. The Morgan fingerprint density at radius 2 is 2.21 bits per heavy atom. The number of rotatable bonds is 4. The molecular weight excluding hydrogens is 178 g/mol. The number of para-hydroxylation sites is 1. The first-order valence-corrected chi connectivity index (χ1v) is 4.45. The second-order valence-corrected chi connectivity index (χ2v) is 2.95. The van der Waals surface area contributed by atoms with E-state index in [0.717, 1.165) is 11.3 Å². The molecule has 1 unspecified atom stereocenters. The molecule has 3 nitrogen and oxygen atoms in total. The van der Waals surface area contributed by atoms with Gasteiger partial charge in [-0.1, -0.05) is 30.4 Å². The Hall–Kier alpha value is -1.32. The SMILES string of the molecule is COc1ccccc1/C=C/C(N)CO. The van der Waals surface area contributed by atoms with Crippen LogP contribution < -0.4 is 10.5 Å². The summed E-state index contributed by atoms with van der Waals surface area (Å²) in [6.07, 6.45) is 3.59. The van der Waals surface area contributed by atoms with Crippen molar-refractivity contribution >= 4 is 6.08 Å². The first-order valence-electron chi connectivity index (χ1n) is 4.45. The number of hydrogen-bond acceptors (Lipinski definition) is 3. The molecule has 1 aromatic rings. The van der Waals surface area contributed by atoms with Gasteiger partial charge in [-0.3, -0.25) is 0 Å². The van der Waals surface area contributed by atoms with Gasteiger partial charge < -0.3 is 15.6 Å². The van der Waals surface area contributed by atoms with Crippen LogP contribution in [-0.2, 0) is 0 Å². The van der Waals surface area contributed by atoms with E-state index in [0.29, 0.717) is 0 Å². The predicted molar refractivity (Wildman–Crippen MR) is 57.1 cm³/mol. The average Bonchev–Trinajstić information content (AvgIpc) is 2.26. The molecule has 0 aliphatic rings. The zero-order valence-electron chi connectivity index (χ0n) is 8.18. The molecular formula is C11H15NO2. The number of ether oxygens (including phenoxy) is 1. The van der Waals surface area contributed by atoms with Crippen LogP contribution in [0.15, 0.2) is 30.3 Å². The number of aliphatic hydroxyl groups is 1. The van der Waals surface area contributed by atoms with Gasteiger partial charge in [-0.25, -0.2) is 0 Å². The standard InChI is InChI=1S/C11H15NO2/c1-14-11-5-3-2-4-9(11)6-7-10(12)8-13/h2-7,10,13H,8,12H2,1H3/b7-6+. The van der Waals surface area contributed by atoms with Gasteiger partial charge in [-0.2, -0.15) is 0 Å². The number of methoxy groups -OCH3 is 1. The minimum absolute atomic E-state index is 0.0500. The topological polar surface area (TPSA) is 55.5 Å². The molecule has 0 aromatic heterocycles. The van der Waals surface area contributed by atoms with Crippen LogP contribution in [0, 0.1) is 0 Å². The maximum atomic E-state index is 8.73. The first-order chi connectivity index (χ1) is 6.77. The minimum Gasteiger partial charge on any atom is -0.496 e. The molecule has 3 N–H and O–H groups in total. The molecule has 0 bridgehead atoms. The van der Waals surface area contributed by atoms with Crippen molar-refractivity contribution in [1.29, 1.82) is 0 Å². The Bertz CT molecular complexity index is 310. The molecule has 1 atom stereocenters. The van der Waals surface area contributed by atoms with Crippen molar-refractivity contribution in [3.8, 4) is 5.75 Å². The van der Waals surface area contributed by atoms with Gasteiger partial charge in [-0.05, 0) is 6.07 Å². The number of hydrogen-bond donors (Lipinski definition) is 2. The summed E-state index contributed by atoms with van der Waals surface area (Å²) in [6, 6.07) is 7.32. The lowest BCUT2D eigenvalue weighted by Gasteiger charge is -2.04. The summed E-state index contributed by atoms with van der Waals surface area (Å²) in [6.45, 7) is -0.0500. The van der Waals surface area contributed by atoms with Crippen LogP contribution in [0.2, 0.25) is 0 Å². The fourth-order valence-electron chi connectivity index (χ4n) is 1.09. The Labute approximate surface area is 83.8 Å². The number of benzene rings is 1. The van der Waals surface area contributed by atoms with Crippen LogP contribution in [0.25, 0.3) is 6.08 Å². The van der Waals surface area contributed by atoms with E-state index in [1.165, 1.54) is 0 Å². The Morgan fingerprint density at radius 1 is 1.50 bits per heavy atom. The summed E-state index contributed by atoms with van der Waals surface area (Å²) in [7, 11) is 1.62. The molecule has 0 amide bonds. The molecule has 76 valence electrons. The van der Waals surface area contributed by atoms with E-state index in [1.54, 1.807) is 13.2 Å². The number of aliphatic hydroxyl groups excluding tert-OH is 1. The van der Waals surface area contributed by atoms with Gasteiger partial charge in [0.15, 0.2) is 0 Å². The van der Waals surface area contributed by atoms with Crippen molar-refractivity contribution < 1.29 is 9.84 Å². The third kappa shape index (κ3) is 2.87. The highest BCUT2D eigenvalue weighted by molar-refractivity contribution is 5.57. The first kappa shape index (κ1) is 10.8. The third-order valence-electron chi connectivity index (χ3n) is 1.87. The lowest BCUT2D eigenvalue weighted by atomic mass is 10.1. The van der Waals surface area contributed by atoms with Gasteiger partial charge in [-0.15, -0.1) is 0 Å². The molecule has 3 heteroatoms. The second-order valence-electron chi connectivity index (χ2n) is 2.95. The maximum absolute atomic E-state index is 8.73. The molecule has 0 saturated carbocycles. The van der Waals surface area contributed by atoms with E-state index < -0.39 is 0 Å². The summed E-state index contributed by atoms with van der Waals surface area (Å²) >= 11 is 0. The van der Waals surface area contributed by atoms with Gasteiger partial charge >= 0.3 is 0 Å². The maximum Gasteiger partial charge on any atom is 0.126 e.